The summed E-state index contributed by atoms with van der Waals surface area (Å²) in [6.45, 7) is 2.11. The molecule has 20 heavy (non-hydrogen) atoms. The minimum absolute atomic E-state index is 0.894. The Morgan fingerprint density at radius 2 is 1.95 bits per heavy atom. The summed E-state index contributed by atoms with van der Waals surface area (Å²) in [5, 5.41) is 2.34. The molecule has 4 rings (SSSR count). The molecule has 4 aromatic rings. The van der Waals surface area contributed by atoms with Crippen LogP contribution in [0.15, 0.2) is 59.4 Å². The van der Waals surface area contributed by atoms with E-state index in [0.717, 1.165) is 27.8 Å². The van der Waals surface area contributed by atoms with Gasteiger partial charge < -0.3 is 4.42 Å². The van der Waals surface area contributed by atoms with Gasteiger partial charge in [0.2, 0.25) is 0 Å². The van der Waals surface area contributed by atoms with Crippen molar-refractivity contribution in [3.8, 4) is 11.3 Å². The van der Waals surface area contributed by atoms with E-state index in [-0.39, 0.29) is 0 Å². The summed E-state index contributed by atoms with van der Waals surface area (Å²) >= 11 is 0. The van der Waals surface area contributed by atoms with Crippen LogP contribution in [0.5, 0.6) is 0 Å². The Kier molecular flexibility index (Phi) is 2.33. The quantitative estimate of drug-likeness (QED) is 0.510. The van der Waals surface area contributed by atoms with Crippen molar-refractivity contribution >= 4 is 21.9 Å². The third kappa shape index (κ3) is 1.60. The first-order chi connectivity index (χ1) is 9.83. The molecule has 0 N–H and O–H groups in total. The van der Waals surface area contributed by atoms with E-state index in [1.165, 1.54) is 10.9 Å². The van der Waals surface area contributed by atoms with Crippen LogP contribution in [0.1, 0.15) is 5.56 Å². The molecule has 0 amide bonds. The number of benzene rings is 2. The molecule has 2 aromatic heterocycles. The number of rotatable bonds is 1. The summed E-state index contributed by atoms with van der Waals surface area (Å²) in [5.41, 5.74) is 5.00. The molecular weight excluding hydrogens is 248 g/mol. The molecule has 0 saturated carbocycles. The van der Waals surface area contributed by atoms with Crippen LogP contribution < -0.4 is 0 Å². The van der Waals surface area contributed by atoms with Crippen molar-refractivity contribution < 1.29 is 4.42 Å². The zero-order valence-corrected chi connectivity index (χ0v) is 11.0. The monoisotopic (exact) mass is 260 g/mol. The lowest BCUT2D eigenvalue weighted by Crippen LogP contribution is -1.83. The molecule has 3 heteroatoms. The van der Waals surface area contributed by atoms with Crippen LogP contribution >= 0.6 is 0 Å². The molecule has 2 heterocycles. The summed E-state index contributed by atoms with van der Waals surface area (Å²) in [6.07, 6.45) is 3.30. The lowest BCUT2D eigenvalue weighted by Gasteiger charge is -1.99. The van der Waals surface area contributed by atoms with Crippen molar-refractivity contribution in [1.82, 2.24) is 9.97 Å². The Balaban J connectivity index is 2.01. The zero-order valence-electron chi connectivity index (χ0n) is 11.0. The van der Waals surface area contributed by atoms with Crippen LogP contribution in [-0.2, 0) is 0 Å². The van der Waals surface area contributed by atoms with Crippen LogP contribution in [0.3, 0.4) is 0 Å². The number of nitrogens with zero attached hydrogens (tertiary/aromatic N) is 2. The number of furan rings is 1. The SMILES string of the molecule is Cc1cccc2oc3cc(-c4ccncn4)ccc3c12. The molecule has 3 nitrogen and oxygen atoms in total. The first-order valence-corrected chi connectivity index (χ1v) is 6.51. The second-order valence-corrected chi connectivity index (χ2v) is 4.86. The Bertz CT molecular complexity index is 910. The average Bonchev–Trinajstić information content (AvgIpc) is 2.87. The maximum atomic E-state index is 5.95. The van der Waals surface area contributed by atoms with Crippen molar-refractivity contribution in [3.05, 3.63) is 60.6 Å². The second kappa shape index (κ2) is 4.17. The standard InChI is InChI=1S/C17H12N2O/c1-11-3-2-4-15-17(11)13-6-5-12(9-16(13)20-15)14-7-8-18-10-19-14/h2-10H,1H3. The zero-order chi connectivity index (χ0) is 13.5. The Morgan fingerprint density at radius 3 is 2.80 bits per heavy atom. The van der Waals surface area contributed by atoms with Crippen molar-refractivity contribution in [2.24, 2.45) is 0 Å². The molecule has 96 valence electrons. The van der Waals surface area contributed by atoms with Crippen LogP contribution in [0.2, 0.25) is 0 Å². The van der Waals surface area contributed by atoms with Gasteiger partial charge in [0.1, 0.15) is 17.5 Å². The first kappa shape index (κ1) is 11.2. The Hall–Kier alpha value is -2.68. The summed E-state index contributed by atoms with van der Waals surface area (Å²) in [6, 6.07) is 14.2. The molecule has 0 aliphatic carbocycles. The highest BCUT2D eigenvalue weighted by molar-refractivity contribution is 6.07. The number of hydrogen-bond donors (Lipinski definition) is 0. The molecule has 0 unspecified atom stereocenters. The minimum Gasteiger partial charge on any atom is -0.456 e. The van der Waals surface area contributed by atoms with Crippen LogP contribution in [-0.4, -0.2) is 9.97 Å². The molecule has 0 atom stereocenters. The van der Waals surface area contributed by atoms with Gasteiger partial charge in [0.25, 0.3) is 0 Å². The third-order valence-electron chi connectivity index (χ3n) is 3.58. The van der Waals surface area contributed by atoms with Gasteiger partial charge in [0.15, 0.2) is 0 Å². The molecule has 0 fully saturated rings. The van der Waals surface area contributed by atoms with Gasteiger partial charge in [-0.3, -0.25) is 0 Å². The number of aryl methyl sites for hydroxylation is 1. The van der Waals surface area contributed by atoms with E-state index in [9.17, 15) is 0 Å². The van der Waals surface area contributed by atoms with Gasteiger partial charge in [-0.05, 0) is 36.8 Å². The van der Waals surface area contributed by atoms with Gasteiger partial charge in [-0.2, -0.15) is 0 Å². The van der Waals surface area contributed by atoms with E-state index in [2.05, 4.69) is 35.1 Å². The Morgan fingerprint density at radius 1 is 1.00 bits per heavy atom. The summed E-state index contributed by atoms with van der Waals surface area (Å²) < 4.78 is 5.95. The number of hydrogen-bond acceptors (Lipinski definition) is 3. The largest absolute Gasteiger partial charge is 0.456 e. The van der Waals surface area contributed by atoms with Crippen molar-refractivity contribution in [2.75, 3.05) is 0 Å². The van der Waals surface area contributed by atoms with Crippen molar-refractivity contribution in [2.45, 2.75) is 6.92 Å². The van der Waals surface area contributed by atoms with Crippen LogP contribution in [0, 0.1) is 6.92 Å². The third-order valence-corrected chi connectivity index (χ3v) is 3.58. The molecule has 0 aliphatic rings. The lowest BCUT2D eigenvalue weighted by molar-refractivity contribution is 0.669. The van der Waals surface area contributed by atoms with Crippen LogP contribution in [0.4, 0.5) is 0 Å². The van der Waals surface area contributed by atoms with E-state index < -0.39 is 0 Å². The lowest BCUT2D eigenvalue weighted by atomic mass is 10.1. The predicted molar refractivity (Wildman–Crippen MR) is 79.5 cm³/mol. The highest BCUT2D eigenvalue weighted by Gasteiger charge is 2.10. The smallest absolute Gasteiger partial charge is 0.136 e. The highest BCUT2D eigenvalue weighted by Crippen LogP contribution is 2.33. The van der Waals surface area contributed by atoms with Gasteiger partial charge in [-0.15, -0.1) is 0 Å². The average molecular weight is 260 g/mol. The second-order valence-electron chi connectivity index (χ2n) is 4.86. The molecule has 0 saturated heterocycles. The van der Waals surface area contributed by atoms with E-state index in [4.69, 9.17) is 4.42 Å². The molecular formula is C17H12N2O. The molecule has 0 radical (unpaired) electrons. The van der Waals surface area contributed by atoms with Crippen molar-refractivity contribution in [3.63, 3.8) is 0 Å². The molecule has 2 aromatic carbocycles. The summed E-state index contributed by atoms with van der Waals surface area (Å²) in [5.74, 6) is 0. The fourth-order valence-corrected chi connectivity index (χ4v) is 2.62. The van der Waals surface area contributed by atoms with Crippen LogP contribution in [0.25, 0.3) is 33.2 Å². The number of fused-ring (bicyclic) bond motifs is 3. The first-order valence-electron chi connectivity index (χ1n) is 6.51. The topological polar surface area (TPSA) is 38.9 Å². The van der Waals surface area contributed by atoms with E-state index in [1.54, 1.807) is 12.5 Å². The molecule has 0 bridgehead atoms. The maximum absolute atomic E-state index is 5.95. The maximum Gasteiger partial charge on any atom is 0.136 e. The van der Waals surface area contributed by atoms with Gasteiger partial charge >= 0.3 is 0 Å². The van der Waals surface area contributed by atoms with E-state index in [1.807, 2.05) is 24.3 Å². The van der Waals surface area contributed by atoms with Gasteiger partial charge in [-0.25, -0.2) is 9.97 Å². The van der Waals surface area contributed by atoms with Gasteiger partial charge in [0.05, 0.1) is 5.69 Å². The Labute approximate surface area is 115 Å². The fraction of sp³-hybridized carbons (Fsp3) is 0.0588. The van der Waals surface area contributed by atoms with E-state index >= 15 is 0 Å². The summed E-state index contributed by atoms with van der Waals surface area (Å²) in [7, 11) is 0. The normalized spacial score (nSPS) is 11.2. The summed E-state index contributed by atoms with van der Waals surface area (Å²) in [4.78, 5) is 8.22. The van der Waals surface area contributed by atoms with Crippen molar-refractivity contribution in [1.29, 1.82) is 0 Å². The minimum atomic E-state index is 0.894. The molecule has 0 spiro atoms. The highest BCUT2D eigenvalue weighted by atomic mass is 16.3. The van der Waals surface area contributed by atoms with E-state index in [0.29, 0.717) is 0 Å². The molecule has 0 aliphatic heterocycles. The predicted octanol–water partition coefficient (Wildman–Crippen LogP) is 4.35. The van der Waals surface area contributed by atoms with Gasteiger partial charge in [0, 0.05) is 22.5 Å². The number of aromatic nitrogens is 2. The van der Waals surface area contributed by atoms with Gasteiger partial charge in [-0.1, -0.05) is 18.2 Å². The fourth-order valence-electron chi connectivity index (χ4n) is 2.62.